The monoisotopic (exact) mass is 210 g/mol. The molecule has 2 aliphatic heterocycles. The largest absolute Gasteiger partial charge is 0.468 e. The summed E-state index contributed by atoms with van der Waals surface area (Å²) >= 11 is 2.07. The molecule has 0 amide bonds. The first-order chi connectivity index (χ1) is 6.95. The van der Waals surface area contributed by atoms with Gasteiger partial charge in [-0.3, -0.25) is 0 Å². The lowest BCUT2D eigenvalue weighted by Crippen LogP contribution is -2.42. The molecule has 1 unspecified atom stereocenters. The van der Waals surface area contributed by atoms with Gasteiger partial charge in [-0.1, -0.05) is 0 Å². The Morgan fingerprint density at radius 1 is 1.50 bits per heavy atom. The van der Waals surface area contributed by atoms with E-state index >= 15 is 0 Å². The summed E-state index contributed by atoms with van der Waals surface area (Å²) in [6, 6.07) is 0.695. The maximum atomic E-state index is 5.26. The highest BCUT2D eigenvalue weighted by Crippen LogP contribution is 2.34. The van der Waals surface area contributed by atoms with Crippen LogP contribution in [0.25, 0.3) is 0 Å². The summed E-state index contributed by atoms with van der Waals surface area (Å²) in [5.41, 5.74) is 2.42. The maximum absolute atomic E-state index is 5.26. The average Bonchev–Trinajstić information content (AvgIpc) is 2.61. The summed E-state index contributed by atoms with van der Waals surface area (Å²) in [5, 5.41) is 3.42. The van der Waals surface area contributed by atoms with Gasteiger partial charge in [0.15, 0.2) is 0 Å². The van der Waals surface area contributed by atoms with Crippen molar-refractivity contribution in [1.82, 2.24) is 0 Å². The molecule has 0 aliphatic carbocycles. The number of nitrogens with one attached hydrogen (secondary N) is 1. The molecule has 1 fully saturated rings. The van der Waals surface area contributed by atoms with Gasteiger partial charge in [0.1, 0.15) is 12.5 Å². The number of nitrogens with zero attached hydrogens (tertiary/aromatic N) is 1. The van der Waals surface area contributed by atoms with Crippen LogP contribution in [0.3, 0.4) is 0 Å². The third-order valence-corrected chi connectivity index (χ3v) is 4.06. The van der Waals surface area contributed by atoms with Crippen molar-refractivity contribution in [2.75, 3.05) is 34.8 Å². The zero-order chi connectivity index (χ0) is 9.38. The lowest BCUT2D eigenvalue weighted by molar-refractivity contribution is 0.557. The highest BCUT2D eigenvalue weighted by atomic mass is 32.2. The molecule has 0 aromatic carbocycles. The quantitative estimate of drug-likeness (QED) is 0.709. The van der Waals surface area contributed by atoms with Crippen molar-refractivity contribution in [2.24, 2.45) is 0 Å². The molecular weight excluding hydrogens is 196 g/mol. The minimum absolute atomic E-state index is 0.695. The molecule has 0 radical (unpaired) electrons. The van der Waals surface area contributed by atoms with Crippen molar-refractivity contribution in [3.8, 4) is 0 Å². The van der Waals surface area contributed by atoms with Crippen LogP contribution in [0.1, 0.15) is 6.42 Å². The van der Waals surface area contributed by atoms with Crippen molar-refractivity contribution in [2.45, 2.75) is 12.5 Å². The van der Waals surface area contributed by atoms with E-state index in [2.05, 4.69) is 22.0 Å². The van der Waals surface area contributed by atoms with Crippen LogP contribution in [0, 0.1) is 0 Å². The fraction of sp³-hybridized carbons (Fsp3) is 0.600. The zero-order valence-electron chi connectivity index (χ0n) is 8.03. The lowest BCUT2D eigenvalue weighted by Gasteiger charge is -2.34. The first kappa shape index (κ1) is 8.53. The minimum atomic E-state index is 0.695. The molecule has 3 rings (SSSR count). The number of anilines is 2. The summed E-state index contributed by atoms with van der Waals surface area (Å²) in [7, 11) is 0. The first-order valence-electron chi connectivity index (χ1n) is 5.09. The molecule has 3 heterocycles. The Bertz CT molecular complexity index is 326. The van der Waals surface area contributed by atoms with Crippen LogP contribution in [0.15, 0.2) is 16.9 Å². The van der Waals surface area contributed by atoms with Gasteiger partial charge in [-0.25, -0.2) is 0 Å². The van der Waals surface area contributed by atoms with Crippen molar-refractivity contribution in [3.05, 3.63) is 12.5 Å². The Morgan fingerprint density at radius 3 is 3.50 bits per heavy atom. The van der Waals surface area contributed by atoms with Gasteiger partial charge in [0.25, 0.3) is 0 Å². The molecule has 2 aliphatic rings. The molecule has 1 aromatic rings. The molecule has 0 spiro atoms. The molecule has 14 heavy (non-hydrogen) atoms. The molecule has 1 aromatic heterocycles. The summed E-state index contributed by atoms with van der Waals surface area (Å²) in [4.78, 5) is 2.50. The molecule has 1 N–H and O–H groups in total. The highest BCUT2D eigenvalue weighted by molar-refractivity contribution is 7.99. The molecule has 4 heteroatoms. The molecule has 1 atom stereocenters. The minimum Gasteiger partial charge on any atom is -0.468 e. The van der Waals surface area contributed by atoms with E-state index in [-0.39, 0.29) is 0 Å². The third-order valence-electron chi connectivity index (χ3n) is 2.97. The second-order valence-corrected chi connectivity index (χ2v) is 4.96. The Balaban J connectivity index is 1.96. The normalized spacial score (nSPS) is 26.0. The predicted molar refractivity (Wildman–Crippen MR) is 60.3 cm³/mol. The second kappa shape index (κ2) is 3.42. The number of furan rings is 1. The van der Waals surface area contributed by atoms with E-state index in [4.69, 9.17) is 4.42 Å². The number of thioether (sulfide) groups is 1. The molecular formula is C10H14N2OS. The highest BCUT2D eigenvalue weighted by Gasteiger charge is 2.27. The van der Waals surface area contributed by atoms with Crippen LogP contribution in [0.5, 0.6) is 0 Å². The van der Waals surface area contributed by atoms with Crippen LogP contribution in [0.2, 0.25) is 0 Å². The number of rotatable bonds is 0. The third kappa shape index (κ3) is 1.29. The van der Waals surface area contributed by atoms with E-state index in [1.54, 1.807) is 0 Å². The van der Waals surface area contributed by atoms with Crippen LogP contribution in [-0.4, -0.2) is 30.6 Å². The smallest absolute Gasteiger partial charge is 0.116 e. The summed E-state index contributed by atoms with van der Waals surface area (Å²) < 4.78 is 5.26. The zero-order valence-corrected chi connectivity index (χ0v) is 8.85. The van der Waals surface area contributed by atoms with Gasteiger partial charge < -0.3 is 14.6 Å². The second-order valence-electron chi connectivity index (χ2n) is 3.81. The predicted octanol–water partition coefficient (Wildman–Crippen LogP) is 2.02. The van der Waals surface area contributed by atoms with Gasteiger partial charge in [0.2, 0.25) is 0 Å². The standard InChI is InChI=1S/C10H14N2OS/c1-2-11-9-5-13-6-10(9)12-3-4-14-7-8(1)12/h5-6,8,11H,1-4,7H2. The van der Waals surface area contributed by atoms with Crippen LogP contribution in [0.4, 0.5) is 11.4 Å². The molecule has 3 nitrogen and oxygen atoms in total. The Kier molecular flexibility index (Phi) is 2.09. The number of fused-ring (bicyclic) bond motifs is 3. The van der Waals surface area contributed by atoms with Crippen molar-refractivity contribution in [1.29, 1.82) is 0 Å². The summed E-state index contributed by atoms with van der Waals surface area (Å²) in [6.45, 7) is 2.22. The van der Waals surface area contributed by atoms with E-state index in [1.807, 2.05) is 12.5 Å². The Morgan fingerprint density at radius 2 is 2.50 bits per heavy atom. The molecule has 0 saturated carbocycles. The van der Waals surface area contributed by atoms with Crippen LogP contribution in [-0.2, 0) is 0 Å². The van der Waals surface area contributed by atoms with E-state index in [0.717, 1.165) is 13.1 Å². The fourth-order valence-electron chi connectivity index (χ4n) is 2.23. The van der Waals surface area contributed by atoms with Gasteiger partial charge >= 0.3 is 0 Å². The van der Waals surface area contributed by atoms with Gasteiger partial charge in [-0.15, -0.1) is 0 Å². The van der Waals surface area contributed by atoms with Crippen molar-refractivity contribution < 1.29 is 4.42 Å². The Labute approximate surface area is 87.8 Å². The molecule has 1 saturated heterocycles. The number of hydrogen-bond acceptors (Lipinski definition) is 4. The number of hydrogen-bond donors (Lipinski definition) is 1. The molecule has 0 bridgehead atoms. The average molecular weight is 210 g/mol. The van der Waals surface area contributed by atoms with Crippen LogP contribution < -0.4 is 10.2 Å². The SMILES string of the molecule is c1occ2c1NCCC1CSCCN21. The van der Waals surface area contributed by atoms with Gasteiger partial charge in [-0.2, -0.15) is 11.8 Å². The van der Waals surface area contributed by atoms with Crippen molar-refractivity contribution in [3.63, 3.8) is 0 Å². The lowest BCUT2D eigenvalue weighted by atomic mass is 10.2. The topological polar surface area (TPSA) is 28.4 Å². The molecule has 76 valence electrons. The summed E-state index contributed by atoms with van der Waals surface area (Å²) in [6.07, 6.45) is 4.93. The van der Waals surface area contributed by atoms with E-state index < -0.39 is 0 Å². The van der Waals surface area contributed by atoms with E-state index in [0.29, 0.717) is 6.04 Å². The van der Waals surface area contributed by atoms with Crippen molar-refractivity contribution >= 4 is 23.1 Å². The van der Waals surface area contributed by atoms with Gasteiger partial charge in [0, 0.05) is 30.6 Å². The fourth-order valence-corrected chi connectivity index (χ4v) is 3.34. The van der Waals surface area contributed by atoms with Gasteiger partial charge in [-0.05, 0) is 6.42 Å². The van der Waals surface area contributed by atoms with Gasteiger partial charge in [0.05, 0.1) is 11.4 Å². The van der Waals surface area contributed by atoms with Crippen LogP contribution >= 0.6 is 11.8 Å². The first-order valence-corrected chi connectivity index (χ1v) is 6.25. The Hall–Kier alpha value is -0.770. The maximum Gasteiger partial charge on any atom is 0.116 e. The van der Waals surface area contributed by atoms with E-state index in [9.17, 15) is 0 Å². The van der Waals surface area contributed by atoms with E-state index in [1.165, 1.54) is 29.3 Å². The summed E-state index contributed by atoms with van der Waals surface area (Å²) in [5.74, 6) is 2.49.